The van der Waals surface area contributed by atoms with Crippen LogP contribution in [0.15, 0.2) is 18.2 Å². The average Bonchev–Trinajstić information content (AvgIpc) is 2.81. The highest BCUT2D eigenvalue weighted by Crippen LogP contribution is 2.31. The number of fused-ring (bicyclic) bond motifs is 1. The normalized spacial score (nSPS) is 21.1. The monoisotopic (exact) mass is 426 g/mol. The maximum absolute atomic E-state index is 13.0. The number of anilines is 1. The molecule has 0 radical (unpaired) electrons. The molecule has 0 atom stereocenters. The molecule has 1 aromatic carbocycles. The van der Waals surface area contributed by atoms with E-state index in [9.17, 15) is 9.59 Å². The lowest BCUT2D eigenvalue weighted by atomic mass is 9.86. The van der Waals surface area contributed by atoms with Gasteiger partial charge in [0.2, 0.25) is 5.91 Å². The highest BCUT2D eigenvalue weighted by molar-refractivity contribution is 5.94. The van der Waals surface area contributed by atoms with Crippen molar-refractivity contribution in [3.63, 3.8) is 0 Å². The number of hydrogen-bond donors (Lipinski definition) is 1. The van der Waals surface area contributed by atoms with Crippen molar-refractivity contribution in [2.45, 2.75) is 77.0 Å². The van der Waals surface area contributed by atoms with Gasteiger partial charge >= 0.3 is 5.97 Å². The lowest BCUT2D eigenvalue weighted by molar-refractivity contribution is -0.143. The zero-order valence-corrected chi connectivity index (χ0v) is 18.9. The first-order chi connectivity index (χ1) is 15.1. The number of aryl methyl sites for hydroxylation is 1. The lowest BCUT2D eigenvalue weighted by Crippen LogP contribution is -2.37. The summed E-state index contributed by atoms with van der Waals surface area (Å²) in [5.74, 6) is 0.249. The number of nitrogens with zero attached hydrogens (tertiary/aromatic N) is 2. The van der Waals surface area contributed by atoms with Gasteiger partial charge in [-0.3, -0.25) is 9.59 Å². The molecule has 5 nitrogen and oxygen atoms in total. The zero-order chi connectivity index (χ0) is 21.6. The Morgan fingerprint density at radius 1 is 0.968 bits per heavy atom. The minimum Gasteiger partial charge on any atom is -0.481 e. The summed E-state index contributed by atoms with van der Waals surface area (Å²) in [4.78, 5) is 28.5. The van der Waals surface area contributed by atoms with Gasteiger partial charge in [0.1, 0.15) is 0 Å². The van der Waals surface area contributed by atoms with E-state index in [-0.39, 0.29) is 5.92 Å². The van der Waals surface area contributed by atoms with E-state index in [1.807, 2.05) is 4.90 Å². The molecule has 3 aliphatic rings. The van der Waals surface area contributed by atoms with E-state index < -0.39 is 5.97 Å². The summed E-state index contributed by atoms with van der Waals surface area (Å²) in [5, 5.41) is 9.16. The quantitative estimate of drug-likeness (QED) is 0.689. The smallest absolute Gasteiger partial charge is 0.306 e. The Morgan fingerprint density at radius 3 is 2.48 bits per heavy atom. The first-order valence-electron chi connectivity index (χ1n) is 12.5. The number of likely N-dealkylation sites (tertiary alicyclic amines) is 1. The standard InChI is InChI=1S/C26H38N2O3/c29-25(11-9-20-5-2-1-3-6-20)28-15-4-7-23-19-21(8-10-24(23)28)12-16-27-17-13-22(14-18-27)26(30)31/h8,10,19-20,22H,1-7,9,11-18H2,(H,30,31). The number of hydrogen-bond acceptors (Lipinski definition) is 3. The predicted molar refractivity (Wildman–Crippen MR) is 123 cm³/mol. The minimum atomic E-state index is -0.646. The van der Waals surface area contributed by atoms with Gasteiger partial charge in [-0.05, 0) is 74.7 Å². The van der Waals surface area contributed by atoms with Crippen molar-refractivity contribution in [1.82, 2.24) is 4.90 Å². The van der Waals surface area contributed by atoms with Gasteiger partial charge in [-0.15, -0.1) is 0 Å². The van der Waals surface area contributed by atoms with Crippen molar-refractivity contribution in [2.24, 2.45) is 11.8 Å². The summed E-state index contributed by atoms with van der Waals surface area (Å²) in [5.41, 5.74) is 3.78. The summed E-state index contributed by atoms with van der Waals surface area (Å²) in [6.45, 7) is 3.60. The van der Waals surface area contributed by atoms with E-state index in [1.54, 1.807) is 0 Å². The van der Waals surface area contributed by atoms with Crippen molar-refractivity contribution < 1.29 is 14.7 Å². The third-order valence-corrected chi connectivity index (χ3v) is 7.71. The van der Waals surface area contributed by atoms with E-state index >= 15 is 0 Å². The highest BCUT2D eigenvalue weighted by Gasteiger charge is 2.25. The number of aliphatic carboxylic acids is 1. The number of carbonyl (C=O) groups excluding carboxylic acids is 1. The van der Waals surface area contributed by atoms with Crippen LogP contribution >= 0.6 is 0 Å². The third kappa shape index (κ3) is 5.88. The van der Waals surface area contributed by atoms with Gasteiger partial charge in [-0.1, -0.05) is 44.2 Å². The molecule has 1 aliphatic carbocycles. The number of carbonyl (C=O) groups is 2. The molecule has 1 saturated heterocycles. The van der Waals surface area contributed by atoms with Crippen LogP contribution in [0.5, 0.6) is 0 Å². The Hall–Kier alpha value is -1.88. The van der Waals surface area contributed by atoms with E-state index in [2.05, 4.69) is 23.1 Å². The van der Waals surface area contributed by atoms with Crippen molar-refractivity contribution in [2.75, 3.05) is 31.1 Å². The molecule has 1 saturated carbocycles. The molecule has 0 spiro atoms. The fourth-order valence-electron chi connectivity index (χ4n) is 5.69. The van der Waals surface area contributed by atoms with Gasteiger partial charge in [-0.25, -0.2) is 0 Å². The Bertz CT molecular complexity index is 764. The van der Waals surface area contributed by atoms with E-state index in [0.717, 1.165) is 76.3 Å². The van der Waals surface area contributed by atoms with Crippen LogP contribution in [0.25, 0.3) is 0 Å². The van der Waals surface area contributed by atoms with Gasteiger partial charge in [0.05, 0.1) is 5.92 Å². The van der Waals surface area contributed by atoms with Crippen LogP contribution in [-0.2, 0) is 22.4 Å². The molecule has 0 aromatic heterocycles. The summed E-state index contributed by atoms with van der Waals surface area (Å²) in [6.07, 6.45) is 13.0. The first kappa shape index (κ1) is 22.3. The maximum atomic E-state index is 13.0. The van der Waals surface area contributed by atoms with Gasteiger partial charge in [0, 0.05) is 25.2 Å². The number of rotatable bonds is 7. The number of carboxylic acid groups (broad SMARTS) is 1. The van der Waals surface area contributed by atoms with Crippen molar-refractivity contribution in [3.05, 3.63) is 29.3 Å². The Kier molecular flexibility index (Phi) is 7.65. The molecule has 1 aromatic rings. The molecule has 2 aliphatic heterocycles. The second-order valence-electron chi connectivity index (χ2n) is 9.86. The summed E-state index contributed by atoms with van der Waals surface area (Å²) < 4.78 is 0. The zero-order valence-electron chi connectivity index (χ0n) is 18.9. The van der Waals surface area contributed by atoms with Crippen molar-refractivity contribution in [3.8, 4) is 0 Å². The molecule has 0 unspecified atom stereocenters. The Morgan fingerprint density at radius 2 is 1.74 bits per heavy atom. The van der Waals surface area contributed by atoms with Crippen molar-refractivity contribution in [1.29, 1.82) is 0 Å². The average molecular weight is 427 g/mol. The fourth-order valence-corrected chi connectivity index (χ4v) is 5.69. The molecule has 0 bridgehead atoms. The van der Waals surface area contributed by atoms with Crippen LogP contribution in [0.4, 0.5) is 5.69 Å². The molecule has 170 valence electrons. The van der Waals surface area contributed by atoms with Crippen LogP contribution in [-0.4, -0.2) is 48.1 Å². The minimum absolute atomic E-state index is 0.165. The van der Waals surface area contributed by atoms with Crippen LogP contribution in [0.2, 0.25) is 0 Å². The second kappa shape index (κ2) is 10.6. The van der Waals surface area contributed by atoms with Crippen LogP contribution < -0.4 is 4.90 Å². The SMILES string of the molecule is O=C(O)C1CCN(CCc2ccc3c(c2)CCCN3C(=O)CCC2CCCCC2)CC1. The molecular formula is C26H38N2O3. The molecule has 5 heteroatoms. The third-order valence-electron chi connectivity index (χ3n) is 7.71. The molecule has 1 N–H and O–H groups in total. The lowest BCUT2D eigenvalue weighted by Gasteiger charge is -2.31. The number of amides is 1. The van der Waals surface area contributed by atoms with Gasteiger partial charge in [0.25, 0.3) is 0 Å². The highest BCUT2D eigenvalue weighted by atomic mass is 16.4. The fraction of sp³-hybridized carbons (Fsp3) is 0.692. The molecular weight excluding hydrogens is 388 g/mol. The van der Waals surface area contributed by atoms with Gasteiger partial charge in [-0.2, -0.15) is 0 Å². The molecule has 2 heterocycles. The Balaban J connectivity index is 1.29. The second-order valence-corrected chi connectivity index (χ2v) is 9.86. The van der Waals surface area contributed by atoms with Gasteiger partial charge < -0.3 is 14.9 Å². The summed E-state index contributed by atoms with van der Waals surface area (Å²) in [7, 11) is 0. The topological polar surface area (TPSA) is 60.9 Å². The molecule has 1 amide bonds. The maximum Gasteiger partial charge on any atom is 0.306 e. The van der Waals surface area contributed by atoms with Gasteiger partial charge in [0.15, 0.2) is 0 Å². The van der Waals surface area contributed by atoms with Crippen molar-refractivity contribution >= 4 is 17.6 Å². The number of carboxylic acids is 1. The van der Waals surface area contributed by atoms with E-state index in [4.69, 9.17) is 5.11 Å². The predicted octanol–water partition coefficient (Wildman–Crippen LogP) is 4.67. The van der Waals surface area contributed by atoms with Crippen LogP contribution in [0.3, 0.4) is 0 Å². The summed E-state index contributed by atoms with van der Waals surface area (Å²) >= 11 is 0. The van der Waals surface area contributed by atoms with E-state index in [1.165, 1.54) is 43.2 Å². The summed E-state index contributed by atoms with van der Waals surface area (Å²) in [6, 6.07) is 6.66. The van der Waals surface area contributed by atoms with Crippen LogP contribution in [0, 0.1) is 11.8 Å². The molecule has 2 fully saturated rings. The van der Waals surface area contributed by atoms with Crippen LogP contribution in [0.1, 0.15) is 75.3 Å². The number of benzene rings is 1. The molecule has 4 rings (SSSR count). The first-order valence-corrected chi connectivity index (χ1v) is 12.5. The molecule has 31 heavy (non-hydrogen) atoms. The Labute approximate surface area is 186 Å². The van der Waals surface area contributed by atoms with E-state index in [0.29, 0.717) is 12.3 Å². The largest absolute Gasteiger partial charge is 0.481 e. The number of piperidine rings is 1.